The van der Waals surface area contributed by atoms with Gasteiger partial charge in [-0.15, -0.1) is 0 Å². The molecule has 1 aliphatic rings. The number of nitrogens with one attached hydrogen (secondary N) is 1. The van der Waals surface area contributed by atoms with E-state index in [9.17, 15) is 18.4 Å². The van der Waals surface area contributed by atoms with Crippen molar-refractivity contribution in [3.63, 3.8) is 0 Å². The van der Waals surface area contributed by atoms with Gasteiger partial charge in [-0.25, -0.2) is 13.7 Å². The number of halogens is 2. The average molecular weight is 462 g/mol. The second-order valence-corrected chi connectivity index (χ2v) is 8.36. The van der Waals surface area contributed by atoms with Gasteiger partial charge < -0.3 is 10.1 Å². The van der Waals surface area contributed by atoms with Gasteiger partial charge in [0.1, 0.15) is 11.4 Å². The van der Waals surface area contributed by atoms with Crippen molar-refractivity contribution < 1.29 is 23.1 Å². The molecule has 1 N–H and O–H groups in total. The van der Waals surface area contributed by atoms with Gasteiger partial charge in [0.2, 0.25) is 0 Å². The van der Waals surface area contributed by atoms with Crippen LogP contribution >= 0.6 is 0 Å². The van der Waals surface area contributed by atoms with Gasteiger partial charge in [0.25, 0.3) is 11.8 Å². The molecule has 34 heavy (non-hydrogen) atoms. The summed E-state index contributed by atoms with van der Waals surface area (Å²) in [6.45, 7) is 7.54. The van der Waals surface area contributed by atoms with Crippen LogP contribution in [0.25, 0.3) is 5.57 Å². The first-order valence-corrected chi connectivity index (χ1v) is 10.9. The molecule has 7 heteroatoms. The van der Waals surface area contributed by atoms with Gasteiger partial charge in [0, 0.05) is 11.8 Å². The van der Waals surface area contributed by atoms with Gasteiger partial charge in [-0.3, -0.25) is 9.59 Å². The van der Waals surface area contributed by atoms with E-state index in [0.29, 0.717) is 17.0 Å². The summed E-state index contributed by atoms with van der Waals surface area (Å²) in [6, 6.07) is 15.4. The Morgan fingerprint density at radius 3 is 2.24 bits per heavy atom. The number of imide groups is 1. The topological polar surface area (TPSA) is 58.6 Å². The lowest BCUT2D eigenvalue weighted by atomic mass is 10.0. The fourth-order valence-electron chi connectivity index (χ4n) is 3.80. The van der Waals surface area contributed by atoms with Crippen LogP contribution in [-0.2, 0) is 9.59 Å². The average Bonchev–Trinajstić information content (AvgIpc) is 3.02. The third-order valence-corrected chi connectivity index (χ3v) is 5.60. The molecule has 0 radical (unpaired) electrons. The maximum Gasteiger partial charge on any atom is 0.282 e. The van der Waals surface area contributed by atoms with Crippen LogP contribution in [-0.4, -0.2) is 17.9 Å². The number of hydrogen-bond acceptors (Lipinski definition) is 4. The molecule has 0 atom stereocenters. The minimum Gasteiger partial charge on any atom is -0.491 e. The molecule has 5 nitrogen and oxygen atoms in total. The Bertz CT molecular complexity index is 1310. The predicted molar refractivity (Wildman–Crippen MR) is 128 cm³/mol. The Morgan fingerprint density at radius 2 is 1.59 bits per heavy atom. The smallest absolute Gasteiger partial charge is 0.282 e. The highest BCUT2D eigenvalue weighted by molar-refractivity contribution is 6.46. The Balaban J connectivity index is 1.81. The van der Waals surface area contributed by atoms with Crippen LogP contribution in [0.3, 0.4) is 0 Å². The Kier molecular flexibility index (Phi) is 6.20. The highest BCUT2D eigenvalue weighted by Crippen LogP contribution is 2.36. The van der Waals surface area contributed by atoms with E-state index in [-0.39, 0.29) is 23.1 Å². The second-order valence-electron chi connectivity index (χ2n) is 8.36. The number of carbonyl (C=O) groups excluding carboxylic acids is 2. The largest absolute Gasteiger partial charge is 0.491 e. The first kappa shape index (κ1) is 23.2. The van der Waals surface area contributed by atoms with E-state index < -0.39 is 23.4 Å². The minimum atomic E-state index is -1.06. The van der Waals surface area contributed by atoms with Crippen molar-refractivity contribution in [1.82, 2.24) is 0 Å². The highest BCUT2D eigenvalue weighted by Gasteiger charge is 2.41. The summed E-state index contributed by atoms with van der Waals surface area (Å²) in [5.74, 6) is -2.54. The molecule has 0 bridgehead atoms. The Morgan fingerprint density at radius 1 is 0.882 bits per heavy atom. The molecule has 0 spiro atoms. The maximum absolute atomic E-state index is 13.8. The first-order valence-electron chi connectivity index (χ1n) is 10.9. The zero-order chi connectivity index (χ0) is 24.6. The lowest BCUT2D eigenvalue weighted by Crippen LogP contribution is -2.33. The third kappa shape index (κ3) is 4.29. The molecule has 174 valence electrons. The highest BCUT2D eigenvalue weighted by atomic mass is 19.2. The van der Waals surface area contributed by atoms with E-state index in [1.54, 1.807) is 36.4 Å². The van der Waals surface area contributed by atoms with Crippen LogP contribution in [0.1, 0.15) is 30.5 Å². The summed E-state index contributed by atoms with van der Waals surface area (Å²) in [6.07, 6.45) is -0.0230. The van der Waals surface area contributed by atoms with Gasteiger partial charge in [0.15, 0.2) is 11.6 Å². The van der Waals surface area contributed by atoms with Crippen LogP contribution in [0.15, 0.2) is 66.4 Å². The van der Waals surface area contributed by atoms with Crippen molar-refractivity contribution >= 4 is 28.8 Å². The molecule has 0 aromatic heterocycles. The molecule has 0 unspecified atom stereocenters. The van der Waals surface area contributed by atoms with E-state index in [1.165, 1.54) is 6.07 Å². The van der Waals surface area contributed by atoms with Crippen LogP contribution < -0.4 is 15.0 Å². The molecule has 0 fully saturated rings. The van der Waals surface area contributed by atoms with Gasteiger partial charge in [-0.1, -0.05) is 24.3 Å². The van der Waals surface area contributed by atoms with Gasteiger partial charge >= 0.3 is 0 Å². The van der Waals surface area contributed by atoms with Crippen molar-refractivity contribution in [2.45, 2.75) is 33.8 Å². The summed E-state index contributed by atoms with van der Waals surface area (Å²) in [5, 5.41) is 2.85. The second kappa shape index (κ2) is 9.09. The van der Waals surface area contributed by atoms with Crippen molar-refractivity contribution in [1.29, 1.82) is 0 Å². The van der Waals surface area contributed by atoms with Gasteiger partial charge in [-0.05, 0) is 74.7 Å². The van der Waals surface area contributed by atoms with Crippen molar-refractivity contribution in [2.24, 2.45) is 0 Å². The molecule has 1 heterocycles. The molecule has 3 aromatic carbocycles. The van der Waals surface area contributed by atoms with Crippen molar-refractivity contribution in [2.75, 3.05) is 10.2 Å². The number of anilines is 2. The molecule has 3 aromatic rings. The van der Waals surface area contributed by atoms with Gasteiger partial charge in [0.05, 0.1) is 17.4 Å². The normalized spacial score (nSPS) is 13.8. The third-order valence-electron chi connectivity index (χ3n) is 5.60. The number of aryl methyl sites for hydroxylation is 1. The number of amides is 2. The number of benzene rings is 3. The molecular weight excluding hydrogens is 438 g/mol. The fourth-order valence-corrected chi connectivity index (χ4v) is 3.80. The number of ether oxygens (including phenoxy) is 1. The molecular formula is C27H24F2N2O3. The number of carbonyl (C=O) groups is 2. The lowest BCUT2D eigenvalue weighted by molar-refractivity contribution is -0.120. The molecule has 1 aliphatic heterocycles. The number of nitrogens with zero attached hydrogens (tertiary/aromatic N) is 1. The van der Waals surface area contributed by atoms with E-state index >= 15 is 0 Å². The number of hydrogen-bond donors (Lipinski definition) is 1. The SMILES string of the molecule is Cc1cccc(N2C(=O)C(Nc3ccc(F)c(F)c3)=C(c3ccc(OC(C)C)cc3)C2=O)c1C. The minimum absolute atomic E-state index is 0.0190. The number of rotatable bonds is 6. The van der Waals surface area contributed by atoms with Crippen molar-refractivity contribution in [3.8, 4) is 5.75 Å². The quantitative estimate of drug-likeness (QED) is 0.473. The summed E-state index contributed by atoms with van der Waals surface area (Å²) in [7, 11) is 0. The summed E-state index contributed by atoms with van der Waals surface area (Å²) >= 11 is 0. The standard InChI is InChI=1S/C27H24F2N2O3/c1-15(2)34-20-11-8-18(9-12-20)24-25(30-19-10-13-21(28)22(29)14-19)27(33)31(26(24)32)23-7-5-6-16(3)17(23)4/h5-15,30H,1-4H3. The summed E-state index contributed by atoms with van der Waals surface area (Å²) < 4.78 is 32.9. The molecule has 4 rings (SSSR count). The predicted octanol–water partition coefficient (Wildman–Crippen LogP) is 5.77. The Labute approximate surface area is 196 Å². The monoisotopic (exact) mass is 462 g/mol. The van der Waals surface area contributed by atoms with Crippen LogP contribution in [0.4, 0.5) is 20.2 Å². The molecule has 0 saturated heterocycles. The van der Waals surface area contributed by atoms with Crippen LogP contribution in [0.2, 0.25) is 0 Å². The van der Waals surface area contributed by atoms with Crippen molar-refractivity contribution in [3.05, 3.63) is 94.7 Å². The fraction of sp³-hybridized carbons (Fsp3) is 0.185. The van der Waals surface area contributed by atoms with E-state index in [1.807, 2.05) is 33.8 Å². The van der Waals surface area contributed by atoms with E-state index in [2.05, 4.69) is 5.32 Å². The first-order chi connectivity index (χ1) is 16.2. The summed E-state index contributed by atoms with van der Waals surface area (Å²) in [4.78, 5) is 28.2. The van der Waals surface area contributed by atoms with E-state index in [0.717, 1.165) is 28.2 Å². The van der Waals surface area contributed by atoms with E-state index in [4.69, 9.17) is 4.74 Å². The van der Waals surface area contributed by atoms with Crippen LogP contribution in [0, 0.1) is 25.5 Å². The van der Waals surface area contributed by atoms with Gasteiger partial charge in [-0.2, -0.15) is 0 Å². The Hall–Kier alpha value is -4.00. The lowest BCUT2D eigenvalue weighted by Gasteiger charge is -2.19. The molecule has 2 amide bonds. The molecule has 0 saturated carbocycles. The summed E-state index contributed by atoms with van der Waals surface area (Å²) in [5.41, 5.74) is 2.94. The zero-order valence-corrected chi connectivity index (χ0v) is 19.3. The van der Waals surface area contributed by atoms with Crippen LogP contribution in [0.5, 0.6) is 5.75 Å². The molecule has 0 aliphatic carbocycles. The zero-order valence-electron chi connectivity index (χ0n) is 19.3. The maximum atomic E-state index is 13.8.